The first-order chi connectivity index (χ1) is 19.1. The topological polar surface area (TPSA) is 146 Å². The number of carbonyl (C=O) groups excluding carboxylic acids is 3. The average Bonchev–Trinajstić information content (AvgIpc) is 3.34. The van der Waals surface area contributed by atoms with Crippen molar-refractivity contribution in [3.8, 4) is 11.5 Å². The Bertz CT molecular complexity index is 1350. The number of aliphatic hydroxyl groups excluding tert-OH is 3. The Hall–Kier alpha value is -3.15. The molecule has 4 N–H and O–H groups in total. The van der Waals surface area contributed by atoms with Gasteiger partial charge in [-0.15, -0.1) is 0 Å². The summed E-state index contributed by atoms with van der Waals surface area (Å²) in [6, 6.07) is 6.80. The lowest BCUT2D eigenvalue weighted by atomic mass is 9.77. The number of fused-ring (bicyclic) bond motifs is 3. The zero-order valence-electron chi connectivity index (χ0n) is 21.9. The molecule has 40 heavy (non-hydrogen) atoms. The second kappa shape index (κ2) is 12.6. The second-order valence-electron chi connectivity index (χ2n) is 9.46. The number of nitrogens with zero attached hydrogens (tertiary/aromatic N) is 1. The van der Waals surface area contributed by atoms with E-state index < -0.39 is 41.8 Å². The van der Waals surface area contributed by atoms with Crippen molar-refractivity contribution < 1.29 is 39.2 Å². The number of hydrogen-bond acceptors (Lipinski definition) is 8. The van der Waals surface area contributed by atoms with Gasteiger partial charge >= 0.3 is 0 Å². The summed E-state index contributed by atoms with van der Waals surface area (Å²) in [5, 5.41) is 34.0. The van der Waals surface area contributed by atoms with Crippen molar-refractivity contribution in [2.24, 2.45) is 0 Å². The van der Waals surface area contributed by atoms with Crippen LogP contribution >= 0.6 is 23.2 Å². The van der Waals surface area contributed by atoms with Gasteiger partial charge in [-0.1, -0.05) is 36.2 Å². The van der Waals surface area contributed by atoms with Crippen molar-refractivity contribution in [2.75, 3.05) is 20.3 Å². The summed E-state index contributed by atoms with van der Waals surface area (Å²) in [5.74, 6) is -2.31. The maximum atomic E-state index is 13.4. The Balaban J connectivity index is 1.85. The summed E-state index contributed by atoms with van der Waals surface area (Å²) in [6.45, 7) is 0.746. The molecule has 2 amide bonds. The fourth-order valence-corrected chi connectivity index (χ4v) is 5.54. The summed E-state index contributed by atoms with van der Waals surface area (Å²) < 4.78 is 11.6. The molecule has 0 fully saturated rings. The molecule has 1 heterocycles. The van der Waals surface area contributed by atoms with E-state index in [0.29, 0.717) is 33.2 Å². The molecule has 0 bridgehead atoms. The number of Topliss-reactive ketones (excluding diaryl/α,β-unsaturated/α-hetero) is 1. The average molecular weight is 593 g/mol. The van der Waals surface area contributed by atoms with Gasteiger partial charge in [0.25, 0.3) is 5.91 Å². The van der Waals surface area contributed by atoms with Crippen LogP contribution in [-0.4, -0.2) is 76.3 Å². The number of benzene rings is 2. The molecule has 2 aromatic carbocycles. The van der Waals surface area contributed by atoms with Crippen molar-refractivity contribution in [3.05, 3.63) is 68.7 Å². The van der Waals surface area contributed by atoms with Gasteiger partial charge in [-0.25, -0.2) is 0 Å². The number of ketones is 1. The number of methoxy groups -OCH3 is 1. The van der Waals surface area contributed by atoms with Gasteiger partial charge in [-0.05, 0) is 41.5 Å². The molecule has 4 rings (SSSR count). The van der Waals surface area contributed by atoms with E-state index in [1.807, 2.05) is 0 Å². The maximum Gasteiger partial charge on any atom is 0.290 e. The predicted molar refractivity (Wildman–Crippen MR) is 146 cm³/mol. The van der Waals surface area contributed by atoms with E-state index in [1.54, 1.807) is 31.2 Å². The maximum absolute atomic E-state index is 13.4. The first-order valence-corrected chi connectivity index (χ1v) is 13.5. The monoisotopic (exact) mass is 592 g/mol. The van der Waals surface area contributed by atoms with Crippen LogP contribution < -0.4 is 14.8 Å². The summed E-state index contributed by atoms with van der Waals surface area (Å²) in [7, 11) is 1.43. The Morgan fingerprint density at radius 2 is 1.90 bits per heavy atom. The number of nitrogens with one attached hydrogen (secondary N) is 1. The first-order valence-electron chi connectivity index (χ1n) is 12.7. The van der Waals surface area contributed by atoms with Crippen LogP contribution in [0.5, 0.6) is 11.5 Å². The molecule has 2 aromatic rings. The van der Waals surface area contributed by atoms with E-state index in [1.165, 1.54) is 24.2 Å². The molecule has 0 spiro atoms. The molecule has 1 aliphatic heterocycles. The summed E-state index contributed by atoms with van der Waals surface area (Å²) >= 11 is 12.4. The van der Waals surface area contributed by atoms with Gasteiger partial charge in [0, 0.05) is 40.7 Å². The number of halogens is 2. The van der Waals surface area contributed by atoms with Gasteiger partial charge in [0.2, 0.25) is 11.7 Å². The molecule has 12 heteroatoms. The Morgan fingerprint density at radius 3 is 2.52 bits per heavy atom. The molecule has 4 atom stereocenters. The van der Waals surface area contributed by atoms with Crippen LogP contribution in [0.15, 0.2) is 42.0 Å². The minimum absolute atomic E-state index is 0.0359. The highest BCUT2D eigenvalue weighted by Crippen LogP contribution is 2.51. The molecule has 0 radical (unpaired) electrons. The highest BCUT2D eigenvalue weighted by molar-refractivity contribution is 6.36. The standard InChI is InChI=1S/C28H30Cl2N2O8/c1-3-21(35)28(38)32(12-15-4-5-16(29)10-19(15)30)20-11-18(27(37)31-6-7-33)23-17-8-14(13-34)9-22(39-2)25(17)40-26(23)24(20)36/h4-5,8-11,20,23-24,26,33-34,36H,3,6-7,12-13H2,1-2H3,(H,31,37). The van der Waals surface area contributed by atoms with Crippen LogP contribution in [0.25, 0.3) is 0 Å². The number of ether oxygens (including phenoxy) is 2. The van der Waals surface area contributed by atoms with E-state index in [4.69, 9.17) is 32.7 Å². The summed E-state index contributed by atoms with van der Waals surface area (Å²) in [4.78, 5) is 40.6. The van der Waals surface area contributed by atoms with Crippen LogP contribution in [0.1, 0.15) is 36.0 Å². The normalized spacial score (nSPS) is 21.0. The van der Waals surface area contributed by atoms with Gasteiger partial charge in [-0.3, -0.25) is 14.4 Å². The van der Waals surface area contributed by atoms with Gasteiger partial charge < -0.3 is 35.0 Å². The molecule has 0 saturated heterocycles. The Morgan fingerprint density at radius 1 is 1.15 bits per heavy atom. The molecule has 0 saturated carbocycles. The van der Waals surface area contributed by atoms with E-state index >= 15 is 0 Å². The summed E-state index contributed by atoms with van der Waals surface area (Å²) in [5.41, 5.74) is 1.66. The van der Waals surface area contributed by atoms with E-state index in [-0.39, 0.29) is 43.3 Å². The molecular weight excluding hydrogens is 563 g/mol. The van der Waals surface area contributed by atoms with Gasteiger partial charge in [0.05, 0.1) is 32.3 Å². The molecule has 4 unspecified atom stereocenters. The zero-order chi connectivity index (χ0) is 29.1. The highest BCUT2D eigenvalue weighted by Gasteiger charge is 2.51. The van der Waals surface area contributed by atoms with Crippen LogP contribution in [-0.2, 0) is 27.5 Å². The number of hydrogen-bond donors (Lipinski definition) is 4. The lowest BCUT2D eigenvalue weighted by Crippen LogP contribution is -2.56. The fourth-order valence-electron chi connectivity index (χ4n) is 5.08. The minimum Gasteiger partial charge on any atom is -0.493 e. The number of rotatable bonds is 10. The molecule has 1 aliphatic carbocycles. The Labute approximate surface area is 241 Å². The molecular formula is C28H30Cl2N2O8. The summed E-state index contributed by atoms with van der Waals surface area (Å²) in [6.07, 6.45) is -1.06. The minimum atomic E-state index is -1.38. The smallest absolute Gasteiger partial charge is 0.290 e. The van der Waals surface area contributed by atoms with Crippen LogP contribution in [0.2, 0.25) is 10.0 Å². The van der Waals surface area contributed by atoms with Crippen molar-refractivity contribution in [1.82, 2.24) is 10.2 Å². The zero-order valence-corrected chi connectivity index (χ0v) is 23.4. The highest BCUT2D eigenvalue weighted by atomic mass is 35.5. The van der Waals surface area contributed by atoms with Crippen molar-refractivity contribution in [1.29, 1.82) is 0 Å². The van der Waals surface area contributed by atoms with Gasteiger partial charge in [0.15, 0.2) is 11.5 Å². The molecule has 2 aliphatic rings. The molecule has 10 nitrogen and oxygen atoms in total. The molecule has 0 aromatic heterocycles. The largest absolute Gasteiger partial charge is 0.493 e. The Kier molecular flexibility index (Phi) is 9.37. The predicted octanol–water partition coefficient (Wildman–Crippen LogP) is 2.12. The van der Waals surface area contributed by atoms with E-state index in [2.05, 4.69) is 5.32 Å². The van der Waals surface area contributed by atoms with Crippen LogP contribution in [0, 0.1) is 0 Å². The van der Waals surface area contributed by atoms with Crippen LogP contribution in [0.4, 0.5) is 0 Å². The molecule has 214 valence electrons. The van der Waals surface area contributed by atoms with Crippen molar-refractivity contribution >= 4 is 40.8 Å². The lowest BCUT2D eigenvalue weighted by Gasteiger charge is -2.40. The lowest BCUT2D eigenvalue weighted by molar-refractivity contribution is -0.148. The van der Waals surface area contributed by atoms with Gasteiger partial charge in [-0.2, -0.15) is 0 Å². The third-order valence-electron chi connectivity index (χ3n) is 7.03. The van der Waals surface area contributed by atoms with E-state index in [9.17, 15) is 29.7 Å². The van der Waals surface area contributed by atoms with Gasteiger partial charge in [0.1, 0.15) is 12.2 Å². The fraction of sp³-hybridized carbons (Fsp3) is 0.393. The SMILES string of the molecule is CCC(=O)C(=O)N(Cc1ccc(Cl)cc1Cl)C1C=C(C(=O)NCCO)C2c3cc(CO)cc(OC)c3OC2C1O. The van der Waals surface area contributed by atoms with E-state index in [0.717, 1.165) is 0 Å². The number of amides is 2. The quantitative estimate of drug-likeness (QED) is 0.307. The van der Waals surface area contributed by atoms with Crippen molar-refractivity contribution in [3.63, 3.8) is 0 Å². The van der Waals surface area contributed by atoms with Crippen LogP contribution in [0.3, 0.4) is 0 Å². The number of carbonyl (C=O) groups is 3. The van der Waals surface area contributed by atoms with Crippen molar-refractivity contribution in [2.45, 2.75) is 50.7 Å². The second-order valence-corrected chi connectivity index (χ2v) is 10.3. The third-order valence-corrected chi connectivity index (χ3v) is 7.62. The third kappa shape index (κ3) is 5.68. The number of aliphatic hydroxyl groups is 3. The first kappa shape index (κ1) is 29.8.